The van der Waals surface area contributed by atoms with E-state index in [4.69, 9.17) is 5.73 Å². The summed E-state index contributed by atoms with van der Waals surface area (Å²) in [7, 11) is 0. The summed E-state index contributed by atoms with van der Waals surface area (Å²) in [5.74, 6) is 1.80. The van der Waals surface area contributed by atoms with Crippen molar-refractivity contribution in [3.63, 3.8) is 0 Å². The quantitative estimate of drug-likeness (QED) is 0.741. The minimum absolute atomic E-state index is 0. The van der Waals surface area contributed by atoms with Gasteiger partial charge in [0.15, 0.2) is 0 Å². The van der Waals surface area contributed by atoms with Crippen molar-refractivity contribution in [3.05, 3.63) is 0 Å². The highest BCUT2D eigenvalue weighted by Gasteiger charge is 2.42. The highest BCUT2D eigenvalue weighted by atomic mass is 35.5. The zero-order valence-electron chi connectivity index (χ0n) is 12.4. The van der Waals surface area contributed by atoms with Crippen molar-refractivity contribution in [2.24, 2.45) is 23.5 Å². The Morgan fingerprint density at radius 3 is 2.57 bits per heavy atom. The van der Waals surface area contributed by atoms with E-state index in [0.717, 1.165) is 38.8 Å². The van der Waals surface area contributed by atoms with Gasteiger partial charge in [0.05, 0.1) is 0 Å². The molecule has 3 unspecified atom stereocenters. The van der Waals surface area contributed by atoms with Gasteiger partial charge in [-0.25, -0.2) is 0 Å². The summed E-state index contributed by atoms with van der Waals surface area (Å²) in [4.78, 5) is 25.6. The molecule has 6 heteroatoms. The summed E-state index contributed by atoms with van der Waals surface area (Å²) in [6, 6.07) is 0.288. The molecule has 3 atom stereocenters. The molecule has 1 heterocycles. The number of nitrogens with zero attached hydrogens (tertiary/aromatic N) is 1. The SMILES string of the molecule is Cl.NC1CCC2CN(C(=O)CCCNC(=O)C3CC3)CC12. The van der Waals surface area contributed by atoms with E-state index >= 15 is 0 Å². The Morgan fingerprint density at radius 1 is 1.14 bits per heavy atom. The van der Waals surface area contributed by atoms with Crippen LogP contribution in [0.3, 0.4) is 0 Å². The molecular weight excluding hydrogens is 290 g/mol. The molecule has 5 nitrogen and oxygen atoms in total. The number of rotatable bonds is 5. The lowest BCUT2D eigenvalue weighted by Crippen LogP contribution is -2.34. The van der Waals surface area contributed by atoms with Crippen LogP contribution in [0.15, 0.2) is 0 Å². The van der Waals surface area contributed by atoms with Crippen molar-refractivity contribution < 1.29 is 9.59 Å². The number of nitrogens with one attached hydrogen (secondary N) is 1. The highest BCUT2D eigenvalue weighted by molar-refractivity contribution is 5.85. The third kappa shape index (κ3) is 3.89. The third-order valence-corrected chi connectivity index (χ3v) is 5.08. The number of likely N-dealkylation sites (tertiary alicyclic amines) is 1. The normalized spacial score (nSPS) is 30.7. The molecule has 0 aromatic carbocycles. The second-order valence-electron chi connectivity index (χ2n) is 6.63. The summed E-state index contributed by atoms with van der Waals surface area (Å²) < 4.78 is 0. The predicted molar refractivity (Wildman–Crippen MR) is 83.0 cm³/mol. The van der Waals surface area contributed by atoms with E-state index in [1.54, 1.807) is 0 Å². The zero-order chi connectivity index (χ0) is 14.1. The van der Waals surface area contributed by atoms with E-state index in [2.05, 4.69) is 5.32 Å². The van der Waals surface area contributed by atoms with Gasteiger partial charge in [-0.15, -0.1) is 12.4 Å². The first-order valence-corrected chi connectivity index (χ1v) is 7.96. The molecule has 0 radical (unpaired) electrons. The first-order chi connectivity index (χ1) is 9.65. The van der Waals surface area contributed by atoms with Gasteiger partial charge < -0.3 is 16.0 Å². The number of fused-ring (bicyclic) bond motifs is 1. The van der Waals surface area contributed by atoms with Crippen molar-refractivity contribution in [1.29, 1.82) is 0 Å². The molecule has 1 aliphatic heterocycles. The average Bonchev–Trinajstić information content (AvgIpc) is 3.11. The molecule has 0 aromatic heterocycles. The molecule has 21 heavy (non-hydrogen) atoms. The number of amides is 2. The second kappa shape index (κ2) is 6.97. The summed E-state index contributed by atoms with van der Waals surface area (Å²) in [5, 5.41) is 2.91. The largest absolute Gasteiger partial charge is 0.356 e. The molecule has 3 fully saturated rings. The van der Waals surface area contributed by atoms with Gasteiger partial charge in [-0.2, -0.15) is 0 Å². The van der Waals surface area contributed by atoms with E-state index in [9.17, 15) is 9.59 Å². The fourth-order valence-electron chi connectivity index (χ4n) is 3.61. The van der Waals surface area contributed by atoms with Crippen LogP contribution in [0.25, 0.3) is 0 Å². The summed E-state index contributed by atoms with van der Waals surface area (Å²) in [5.41, 5.74) is 6.09. The fourth-order valence-corrected chi connectivity index (χ4v) is 3.61. The van der Waals surface area contributed by atoms with E-state index < -0.39 is 0 Å². The average molecular weight is 316 g/mol. The van der Waals surface area contributed by atoms with Crippen LogP contribution in [-0.4, -0.2) is 42.4 Å². The number of hydrogen-bond acceptors (Lipinski definition) is 3. The number of carbonyl (C=O) groups is 2. The molecule has 3 aliphatic rings. The van der Waals surface area contributed by atoms with Gasteiger partial charge in [0.2, 0.25) is 11.8 Å². The van der Waals surface area contributed by atoms with Crippen LogP contribution < -0.4 is 11.1 Å². The number of hydrogen-bond donors (Lipinski definition) is 2. The van der Waals surface area contributed by atoms with E-state index in [0.29, 0.717) is 24.8 Å². The maximum absolute atomic E-state index is 12.1. The van der Waals surface area contributed by atoms with Gasteiger partial charge in [0.1, 0.15) is 0 Å². The van der Waals surface area contributed by atoms with Crippen molar-refractivity contribution >= 4 is 24.2 Å². The van der Waals surface area contributed by atoms with Gasteiger partial charge in [-0.1, -0.05) is 0 Å². The van der Waals surface area contributed by atoms with Gasteiger partial charge in [-0.3, -0.25) is 9.59 Å². The lowest BCUT2D eigenvalue weighted by Gasteiger charge is -2.18. The monoisotopic (exact) mass is 315 g/mol. The molecule has 0 bridgehead atoms. The molecule has 0 spiro atoms. The fraction of sp³-hybridized carbons (Fsp3) is 0.867. The first kappa shape index (κ1) is 16.6. The second-order valence-corrected chi connectivity index (χ2v) is 6.63. The molecule has 2 aliphatic carbocycles. The summed E-state index contributed by atoms with van der Waals surface area (Å²) >= 11 is 0. The van der Waals surface area contributed by atoms with Crippen molar-refractivity contribution in [3.8, 4) is 0 Å². The smallest absolute Gasteiger partial charge is 0.223 e. The molecule has 120 valence electrons. The van der Waals surface area contributed by atoms with Gasteiger partial charge in [-0.05, 0) is 43.9 Å². The lowest BCUT2D eigenvalue weighted by atomic mass is 9.98. The predicted octanol–water partition coefficient (Wildman–Crippen LogP) is 0.910. The van der Waals surface area contributed by atoms with Crippen LogP contribution in [0.2, 0.25) is 0 Å². The first-order valence-electron chi connectivity index (χ1n) is 7.96. The zero-order valence-corrected chi connectivity index (χ0v) is 13.2. The van der Waals surface area contributed by atoms with E-state index in [1.807, 2.05) is 4.90 Å². The molecule has 3 rings (SSSR count). The van der Waals surface area contributed by atoms with Gasteiger partial charge in [0, 0.05) is 38.0 Å². The molecule has 2 saturated carbocycles. The molecule has 1 saturated heterocycles. The maximum atomic E-state index is 12.1. The molecule has 0 aromatic rings. The van der Waals surface area contributed by atoms with Crippen molar-refractivity contribution in [1.82, 2.24) is 10.2 Å². The molecule has 2 amide bonds. The minimum Gasteiger partial charge on any atom is -0.356 e. The lowest BCUT2D eigenvalue weighted by molar-refractivity contribution is -0.130. The molecular formula is C15H26ClN3O2. The standard InChI is InChI=1S/C15H25N3O2.ClH/c16-13-6-5-11-8-18(9-12(11)13)14(19)2-1-7-17-15(20)10-3-4-10;/h10-13H,1-9,16H2,(H,17,20);1H. The Balaban J connectivity index is 0.00000161. The number of halogens is 1. The molecule has 3 N–H and O–H groups in total. The van der Waals surface area contributed by atoms with Crippen LogP contribution >= 0.6 is 12.4 Å². The topological polar surface area (TPSA) is 75.4 Å². The number of nitrogens with two attached hydrogens (primary N) is 1. The maximum Gasteiger partial charge on any atom is 0.223 e. The van der Waals surface area contributed by atoms with E-state index in [-0.39, 0.29) is 36.2 Å². The Labute approximate surface area is 132 Å². The van der Waals surface area contributed by atoms with Crippen molar-refractivity contribution in [2.45, 2.75) is 44.6 Å². The Kier molecular flexibility index (Phi) is 5.49. The van der Waals surface area contributed by atoms with Crippen LogP contribution in [-0.2, 0) is 9.59 Å². The van der Waals surface area contributed by atoms with Gasteiger partial charge in [0.25, 0.3) is 0 Å². The van der Waals surface area contributed by atoms with E-state index in [1.165, 1.54) is 6.42 Å². The summed E-state index contributed by atoms with van der Waals surface area (Å²) in [6.07, 6.45) is 5.63. The Bertz CT molecular complexity index is 400. The van der Waals surface area contributed by atoms with Crippen molar-refractivity contribution in [2.75, 3.05) is 19.6 Å². The highest BCUT2D eigenvalue weighted by Crippen LogP contribution is 2.37. The van der Waals surface area contributed by atoms with Crippen LogP contribution in [0.4, 0.5) is 0 Å². The van der Waals surface area contributed by atoms with Gasteiger partial charge >= 0.3 is 0 Å². The number of carbonyl (C=O) groups excluding carboxylic acids is 2. The Morgan fingerprint density at radius 2 is 1.90 bits per heavy atom. The third-order valence-electron chi connectivity index (χ3n) is 5.08. The van der Waals surface area contributed by atoms with Crippen LogP contribution in [0.1, 0.15) is 38.5 Å². The van der Waals surface area contributed by atoms with Crippen LogP contribution in [0, 0.1) is 17.8 Å². The van der Waals surface area contributed by atoms with Crippen LogP contribution in [0.5, 0.6) is 0 Å². The minimum atomic E-state index is 0. The Hall–Kier alpha value is -0.810. The summed E-state index contributed by atoms with van der Waals surface area (Å²) in [6.45, 7) is 2.37.